The monoisotopic (exact) mass is 154 g/mol. The van der Waals surface area contributed by atoms with E-state index in [0.29, 0.717) is 18.3 Å². The first kappa shape index (κ1) is 7.74. The normalized spacial score (nSPS) is 9.27. The van der Waals surface area contributed by atoms with Crippen LogP contribution in [0.15, 0.2) is 12.4 Å². The lowest BCUT2D eigenvalue weighted by Crippen LogP contribution is -2.11. The predicted octanol–water partition coefficient (Wildman–Crippen LogP) is 0.161. The molecule has 0 amide bonds. The fourth-order valence-corrected chi connectivity index (χ4v) is 0.667. The third-order valence-electron chi connectivity index (χ3n) is 1.08. The first-order valence-corrected chi connectivity index (χ1v) is 3.29. The van der Waals surface area contributed by atoms with Crippen LogP contribution in [0.3, 0.4) is 0 Å². The second-order valence-electron chi connectivity index (χ2n) is 1.79. The summed E-state index contributed by atoms with van der Waals surface area (Å²) in [4.78, 5) is 7.80. The molecule has 0 aliphatic rings. The van der Waals surface area contributed by atoms with Crippen molar-refractivity contribution in [2.24, 2.45) is 5.84 Å². The molecule has 5 nitrogen and oxygen atoms in total. The van der Waals surface area contributed by atoms with E-state index in [2.05, 4.69) is 15.4 Å². The van der Waals surface area contributed by atoms with Crippen LogP contribution in [-0.4, -0.2) is 16.6 Å². The summed E-state index contributed by atoms with van der Waals surface area (Å²) in [6, 6.07) is 0. The van der Waals surface area contributed by atoms with Crippen molar-refractivity contribution in [3.8, 4) is 5.88 Å². The molecular formula is C6H10N4O. The van der Waals surface area contributed by atoms with Crippen LogP contribution in [0.1, 0.15) is 6.92 Å². The van der Waals surface area contributed by atoms with Crippen LogP contribution in [0.4, 0.5) is 5.82 Å². The molecule has 0 unspecified atom stereocenters. The van der Waals surface area contributed by atoms with E-state index in [0.717, 1.165) is 0 Å². The summed E-state index contributed by atoms with van der Waals surface area (Å²) in [7, 11) is 0. The molecule has 3 N–H and O–H groups in total. The van der Waals surface area contributed by atoms with Crippen LogP contribution in [-0.2, 0) is 0 Å². The van der Waals surface area contributed by atoms with Crippen molar-refractivity contribution in [2.75, 3.05) is 12.0 Å². The van der Waals surface area contributed by atoms with Crippen LogP contribution >= 0.6 is 0 Å². The molecule has 0 spiro atoms. The van der Waals surface area contributed by atoms with Crippen LogP contribution in [0.2, 0.25) is 0 Å². The zero-order chi connectivity index (χ0) is 8.10. The third kappa shape index (κ3) is 1.78. The number of nitrogens with zero attached hydrogens (tertiary/aromatic N) is 2. The Morgan fingerprint density at radius 2 is 2.27 bits per heavy atom. The van der Waals surface area contributed by atoms with Crippen LogP contribution in [0.25, 0.3) is 0 Å². The number of nitrogen functional groups attached to an aromatic ring is 1. The molecular weight excluding hydrogens is 144 g/mol. The first-order chi connectivity index (χ1) is 5.38. The molecule has 0 fully saturated rings. The lowest BCUT2D eigenvalue weighted by Gasteiger charge is -2.04. The minimum atomic E-state index is 0.428. The summed E-state index contributed by atoms with van der Waals surface area (Å²) in [5.41, 5.74) is 2.38. The predicted molar refractivity (Wildman–Crippen MR) is 41.0 cm³/mol. The van der Waals surface area contributed by atoms with Gasteiger partial charge in [-0.3, -0.25) is 0 Å². The molecule has 1 aromatic rings. The summed E-state index contributed by atoms with van der Waals surface area (Å²) in [5, 5.41) is 0. The standard InChI is InChI=1S/C6H10N4O/c1-2-11-6-5(10-7)8-3-4-9-6/h3-4H,2,7H2,1H3,(H,8,10). The van der Waals surface area contributed by atoms with Gasteiger partial charge in [0.15, 0.2) is 0 Å². The van der Waals surface area contributed by atoms with Crippen molar-refractivity contribution in [1.29, 1.82) is 0 Å². The molecule has 11 heavy (non-hydrogen) atoms. The fraction of sp³-hybridized carbons (Fsp3) is 0.333. The Hall–Kier alpha value is -1.36. The molecule has 0 saturated heterocycles. The Kier molecular flexibility index (Phi) is 2.62. The summed E-state index contributed by atoms with van der Waals surface area (Å²) >= 11 is 0. The van der Waals surface area contributed by atoms with Gasteiger partial charge < -0.3 is 10.2 Å². The Balaban J connectivity index is 2.83. The maximum Gasteiger partial charge on any atom is 0.258 e. The Labute approximate surface area is 64.6 Å². The summed E-state index contributed by atoms with van der Waals surface area (Å²) in [5.74, 6) is 6.03. The number of rotatable bonds is 3. The Morgan fingerprint density at radius 3 is 2.91 bits per heavy atom. The van der Waals surface area contributed by atoms with E-state index in [9.17, 15) is 0 Å². The molecule has 0 aliphatic carbocycles. The molecule has 0 radical (unpaired) electrons. The van der Waals surface area contributed by atoms with Crippen molar-refractivity contribution in [3.05, 3.63) is 12.4 Å². The Bertz CT molecular complexity index is 228. The molecule has 1 aromatic heterocycles. The molecule has 5 heteroatoms. The molecule has 1 heterocycles. The largest absolute Gasteiger partial charge is 0.475 e. The molecule has 0 saturated carbocycles. The average Bonchev–Trinajstić information content (AvgIpc) is 2.06. The van der Waals surface area contributed by atoms with Gasteiger partial charge in [0.2, 0.25) is 5.82 Å². The zero-order valence-corrected chi connectivity index (χ0v) is 6.24. The number of nitrogens with one attached hydrogen (secondary N) is 1. The summed E-state index contributed by atoms with van der Waals surface area (Å²) < 4.78 is 5.11. The second-order valence-corrected chi connectivity index (χ2v) is 1.79. The minimum absolute atomic E-state index is 0.428. The van der Waals surface area contributed by atoms with Gasteiger partial charge in [0.05, 0.1) is 6.61 Å². The van der Waals surface area contributed by atoms with Gasteiger partial charge >= 0.3 is 0 Å². The van der Waals surface area contributed by atoms with E-state index in [-0.39, 0.29) is 0 Å². The number of hydrogen-bond donors (Lipinski definition) is 2. The van der Waals surface area contributed by atoms with Crippen LogP contribution < -0.4 is 16.0 Å². The lowest BCUT2D eigenvalue weighted by atomic mass is 10.6. The van der Waals surface area contributed by atoms with Crippen molar-refractivity contribution in [1.82, 2.24) is 9.97 Å². The number of hydrogen-bond acceptors (Lipinski definition) is 5. The lowest BCUT2D eigenvalue weighted by molar-refractivity contribution is 0.327. The van der Waals surface area contributed by atoms with Crippen molar-refractivity contribution in [2.45, 2.75) is 6.92 Å². The van der Waals surface area contributed by atoms with Gasteiger partial charge in [-0.15, -0.1) is 0 Å². The van der Waals surface area contributed by atoms with Crippen molar-refractivity contribution >= 4 is 5.82 Å². The molecule has 0 atom stereocenters. The molecule has 60 valence electrons. The number of hydrazine groups is 1. The quantitative estimate of drug-likeness (QED) is 0.479. The van der Waals surface area contributed by atoms with Crippen molar-refractivity contribution in [3.63, 3.8) is 0 Å². The van der Waals surface area contributed by atoms with Crippen LogP contribution in [0, 0.1) is 0 Å². The zero-order valence-electron chi connectivity index (χ0n) is 6.24. The minimum Gasteiger partial charge on any atom is -0.475 e. The highest BCUT2D eigenvalue weighted by atomic mass is 16.5. The average molecular weight is 154 g/mol. The first-order valence-electron chi connectivity index (χ1n) is 3.29. The van der Waals surface area contributed by atoms with Gasteiger partial charge in [0.25, 0.3) is 5.88 Å². The second kappa shape index (κ2) is 3.72. The maximum atomic E-state index is 5.15. The van der Waals surface area contributed by atoms with E-state index < -0.39 is 0 Å². The topological polar surface area (TPSA) is 73.1 Å². The highest BCUT2D eigenvalue weighted by molar-refractivity contribution is 5.42. The number of ether oxygens (including phenoxy) is 1. The van der Waals surface area contributed by atoms with Gasteiger partial charge in [-0.05, 0) is 6.92 Å². The van der Waals surface area contributed by atoms with Crippen LogP contribution in [0.5, 0.6) is 5.88 Å². The summed E-state index contributed by atoms with van der Waals surface area (Å²) in [6.07, 6.45) is 3.09. The highest BCUT2D eigenvalue weighted by Crippen LogP contribution is 2.14. The SMILES string of the molecule is CCOc1nccnc1NN. The van der Waals surface area contributed by atoms with Gasteiger partial charge in [0, 0.05) is 12.4 Å². The van der Waals surface area contributed by atoms with Gasteiger partial charge in [-0.2, -0.15) is 0 Å². The summed E-state index contributed by atoms with van der Waals surface area (Å²) in [6.45, 7) is 2.42. The van der Waals surface area contributed by atoms with E-state index in [1.165, 1.54) is 6.20 Å². The molecule has 0 aromatic carbocycles. The fourth-order valence-electron chi connectivity index (χ4n) is 0.667. The number of nitrogens with two attached hydrogens (primary N) is 1. The smallest absolute Gasteiger partial charge is 0.258 e. The van der Waals surface area contributed by atoms with Crippen molar-refractivity contribution < 1.29 is 4.74 Å². The Morgan fingerprint density at radius 1 is 1.55 bits per heavy atom. The number of anilines is 1. The van der Waals surface area contributed by atoms with Gasteiger partial charge in [0.1, 0.15) is 0 Å². The number of aromatic nitrogens is 2. The van der Waals surface area contributed by atoms with E-state index in [1.54, 1.807) is 6.20 Å². The molecule has 1 rings (SSSR count). The molecule has 0 aliphatic heterocycles. The van der Waals surface area contributed by atoms with Gasteiger partial charge in [-0.25, -0.2) is 15.8 Å². The highest BCUT2D eigenvalue weighted by Gasteiger charge is 2.01. The molecule has 0 bridgehead atoms. The van der Waals surface area contributed by atoms with E-state index in [1.807, 2.05) is 6.92 Å². The third-order valence-corrected chi connectivity index (χ3v) is 1.08. The van der Waals surface area contributed by atoms with E-state index >= 15 is 0 Å². The van der Waals surface area contributed by atoms with Gasteiger partial charge in [-0.1, -0.05) is 0 Å². The maximum absolute atomic E-state index is 5.15. The van der Waals surface area contributed by atoms with E-state index in [4.69, 9.17) is 10.6 Å².